The van der Waals surface area contributed by atoms with Gasteiger partial charge < -0.3 is 0 Å². The molecule has 3 aromatic rings. The molecule has 1 aromatic heterocycles. The fourth-order valence-corrected chi connectivity index (χ4v) is 2.10. The van der Waals surface area contributed by atoms with E-state index in [9.17, 15) is 18.4 Å². The van der Waals surface area contributed by atoms with Gasteiger partial charge in [0.25, 0.3) is 5.56 Å². The van der Waals surface area contributed by atoms with Crippen molar-refractivity contribution in [1.29, 1.82) is 0 Å². The molecule has 0 fully saturated rings. The zero-order chi connectivity index (χ0) is 15.7. The summed E-state index contributed by atoms with van der Waals surface area (Å²) in [6, 6.07) is 11.5. The molecule has 0 aliphatic carbocycles. The van der Waals surface area contributed by atoms with Gasteiger partial charge in [0.15, 0.2) is 0 Å². The lowest BCUT2D eigenvalue weighted by Gasteiger charge is -2.10. The van der Waals surface area contributed by atoms with Crippen LogP contribution >= 0.6 is 0 Å². The predicted octanol–water partition coefficient (Wildman–Crippen LogP) is 2.27. The summed E-state index contributed by atoms with van der Waals surface area (Å²) in [7, 11) is 0. The number of rotatable bonds is 2. The molecule has 0 spiro atoms. The molecular formula is C16H10F2N2O2. The molecule has 0 atom stereocenters. The van der Waals surface area contributed by atoms with Crippen LogP contribution in [0.2, 0.25) is 0 Å². The van der Waals surface area contributed by atoms with Crippen LogP contribution in [0.25, 0.3) is 11.4 Å². The Morgan fingerprint density at radius 3 is 1.73 bits per heavy atom. The van der Waals surface area contributed by atoms with E-state index in [-0.39, 0.29) is 5.69 Å². The Bertz CT molecular complexity index is 926. The number of hydrogen-bond acceptors (Lipinski definition) is 2. The highest BCUT2D eigenvalue weighted by Crippen LogP contribution is 2.08. The van der Waals surface area contributed by atoms with Crippen molar-refractivity contribution in [3.8, 4) is 11.4 Å². The summed E-state index contributed by atoms with van der Waals surface area (Å²) in [6.07, 6.45) is 1.32. The molecule has 6 heteroatoms. The minimum Gasteiger partial charge on any atom is -0.269 e. The molecule has 0 amide bonds. The second-order valence-corrected chi connectivity index (χ2v) is 4.59. The molecule has 0 radical (unpaired) electrons. The molecule has 0 unspecified atom stereocenters. The van der Waals surface area contributed by atoms with E-state index in [1.54, 1.807) is 0 Å². The minimum atomic E-state index is -0.620. The number of nitrogens with zero attached hydrogens (tertiary/aromatic N) is 2. The Kier molecular flexibility index (Phi) is 3.42. The van der Waals surface area contributed by atoms with Gasteiger partial charge >= 0.3 is 5.69 Å². The maximum atomic E-state index is 13.0. The monoisotopic (exact) mass is 300 g/mol. The highest BCUT2D eigenvalue weighted by Gasteiger charge is 2.09. The van der Waals surface area contributed by atoms with Crippen molar-refractivity contribution < 1.29 is 8.78 Å². The summed E-state index contributed by atoms with van der Waals surface area (Å²) < 4.78 is 28.1. The lowest BCUT2D eigenvalue weighted by atomic mass is 10.3. The smallest absolute Gasteiger partial charge is 0.269 e. The van der Waals surface area contributed by atoms with E-state index in [1.165, 1.54) is 53.2 Å². The molecule has 22 heavy (non-hydrogen) atoms. The molecule has 110 valence electrons. The van der Waals surface area contributed by atoms with Gasteiger partial charge in [0.2, 0.25) is 0 Å². The van der Waals surface area contributed by atoms with Gasteiger partial charge in [-0.25, -0.2) is 18.1 Å². The van der Waals surface area contributed by atoms with E-state index in [4.69, 9.17) is 0 Å². The van der Waals surface area contributed by atoms with Gasteiger partial charge in [0.1, 0.15) is 11.6 Å². The first-order chi connectivity index (χ1) is 10.6. The summed E-state index contributed by atoms with van der Waals surface area (Å²) in [6.45, 7) is 0. The van der Waals surface area contributed by atoms with E-state index in [1.807, 2.05) is 0 Å². The van der Waals surface area contributed by atoms with Gasteiger partial charge in [-0.1, -0.05) is 0 Å². The molecule has 0 N–H and O–H groups in total. The number of halogens is 2. The summed E-state index contributed by atoms with van der Waals surface area (Å²) in [4.78, 5) is 24.5. The zero-order valence-electron chi connectivity index (χ0n) is 11.2. The van der Waals surface area contributed by atoms with Crippen LogP contribution in [0.5, 0.6) is 0 Å². The van der Waals surface area contributed by atoms with E-state index >= 15 is 0 Å². The van der Waals surface area contributed by atoms with Crippen LogP contribution in [-0.4, -0.2) is 9.13 Å². The molecule has 3 rings (SSSR count). The van der Waals surface area contributed by atoms with Crippen LogP contribution in [0.15, 0.2) is 70.4 Å². The highest BCUT2D eigenvalue weighted by molar-refractivity contribution is 5.35. The maximum absolute atomic E-state index is 13.0. The van der Waals surface area contributed by atoms with Gasteiger partial charge in [-0.3, -0.25) is 9.36 Å². The van der Waals surface area contributed by atoms with E-state index < -0.39 is 22.9 Å². The standard InChI is InChI=1S/C16H10F2N2O2/c17-11-1-5-13(6-2-11)19-10-9-15(21)20(16(19)22)14-7-3-12(18)4-8-14/h1-10H. The zero-order valence-corrected chi connectivity index (χ0v) is 11.2. The summed E-state index contributed by atoms with van der Waals surface area (Å²) in [5.74, 6) is -0.893. The quantitative estimate of drug-likeness (QED) is 0.728. The predicted molar refractivity (Wildman–Crippen MR) is 77.6 cm³/mol. The van der Waals surface area contributed by atoms with Crippen molar-refractivity contribution in [3.05, 3.63) is 93.3 Å². The Morgan fingerprint density at radius 2 is 1.18 bits per heavy atom. The van der Waals surface area contributed by atoms with Gasteiger partial charge in [0.05, 0.1) is 11.4 Å². The first-order valence-corrected chi connectivity index (χ1v) is 6.43. The van der Waals surface area contributed by atoms with E-state index in [0.29, 0.717) is 5.69 Å². The van der Waals surface area contributed by atoms with Gasteiger partial charge in [0, 0.05) is 12.3 Å². The third-order valence-electron chi connectivity index (χ3n) is 3.17. The molecule has 0 saturated heterocycles. The Balaban J connectivity index is 2.22. The van der Waals surface area contributed by atoms with Gasteiger partial charge in [-0.05, 0) is 48.5 Å². The van der Waals surface area contributed by atoms with Crippen LogP contribution in [0.1, 0.15) is 0 Å². The molecule has 2 aromatic carbocycles. The van der Waals surface area contributed by atoms with Crippen LogP contribution in [-0.2, 0) is 0 Å². The summed E-state index contributed by atoms with van der Waals surface area (Å²) >= 11 is 0. The van der Waals surface area contributed by atoms with Crippen molar-refractivity contribution in [2.75, 3.05) is 0 Å². The Hall–Kier alpha value is -3.02. The molecule has 0 bridgehead atoms. The average Bonchev–Trinajstić information content (AvgIpc) is 2.51. The second-order valence-electron chi connectivity index (χ2n) is 4.59. The van der Waals surface area contributed by atoms with Crippen molar-refractivity contribution in [2.45, 2.75) is 0 Å². The first kappa shape index (κ1) is 13.9. The number of aromatic nitrogens is 2. The van der Waals surface area contributed by atoms with Crippen molar-refractivity contribution in [2.24, 2.45) is 0 Å². The summed E-state index contributed by atoms with van der Waals surface area (Å²) in [5.41, 5.74) is -0.476. The van der Waals surface area contributed by atoms with Crippen LogP contribution in [0.3, 0.4) is 0 Å². The highest BCUT2D eigenvalue weighted by atomic mass is 19.1. The lowest BCUT2D eigenvalue weighted by Crippen LogP contribution is -2.37. The molecule has 4 nitrogen and oxygen atoms in total. The molecule has 0 saturated carbocycles. The third-order valence-corrected chi connectivity index (χ3v) is 3.17. The topological polar surface area (TPSA) is 44.0 Å². The number of hydrogen-bond donors (Lipinski definition) is 0. The first-order valence-electron chi connectivity index (χ1n) is 6.43. The van der Waals surface area contributed by atoms with Crippen molar-refractivity contribution in [1.82, 2.24) is 9.13 Å². The van der Waals surface area contributed by atoms with Gasteiger partial charge in [-0.15, -0.1) is 0 Å². The van der Waals surface area contributed by atoms with Crippen LogP contribution < -0.4 is 11.2 Å². The van der Waals surface area contributed by atoms with Crippen LogP contribution in [0.4, 0.5) is 8.78 Å². The largest absolute Gasteiger partial charge is 0.340 e. The van der Waals surface area contributed by atoms with E-state index in [2.05, 4.69) is 0 Å². The second kappa shape index (κ2) is 5.40. The van der Waals surface area contributed by atoms with Crippen molar-refractivity contribution in [3.63, 3.8) is 0 Å². The summed E-state index contributed by atoms with van der Waals surface area (Å²) in [5, 5.41) is 0. The molecule has 1 heterocycles. The number of benzene rings is 2. The van der Waals surface area contributed by atoms with Gasteiger partial charge in [-0.2, -0.15) is 0 Å². The minimum absolute atomic E-state index is 0.257. The van der Waals surface area contributed by atoms with E-state index in [0.717, 1.165) is 16.7 Å². The van der Waals surface area contributed by atoms with Crippen molar-refractivity contribution >= 4 is 0 Å². The lowest BCUT2D eigenvalue weighted by molar-refractivity contribution is 0.626. The molecule has 0 aliphatic rings. The SMILES string of the molecule is O=c1ccn(-c2ccc(F)cc2)c(=O)n1-c1ccc(F)cc1. The molecular weight excluding hydrogens is 290 g/mol. The Labute approximate surface area is 123 Å². The Morgan fingerprint density at radius 1 is 0.682 bits per heavy atom. The van der Waals surface area contributed by atoms with Crippen LogP contribution in [0, 0.1) is 11.6 Å². The average molecular weight is 300 g/mol. The fraction of sp³-hybridized carbons (Fsp3) is 0. The molecule has 0 aliphatic heterocycles. The third kappa shape index (κ3) is 2.46. The maximum Gasteiger partial charge on any atom is 0.340 e. The normalized spacial score (nSPS) is 10.6. The fourth-order valence-electron chi connectivity index (χ4n) is 2.10.